The van der Waals surface area contributed by atoms with Gasteiger partial charge in [-0.2, -0.15) is 0 Å². The minimum absolute atomic E-state index is 0.171. The van der Waals surface area contributed by atoms with Gasteiger partial charge in [0.15, 0.2) is 0 Å². The van der Waals surface area contributed by atoms with Gasteiger partial charge < -0.3 is 10.0 Å². The van der Waals surface area contributed by atoms with Crippen LogP contribution in [0.5, 0.6) is 0 Å². The van der Waals surface area contributed by atoms with Crippen LogP contribution in [0.4, 0.5) is 16.2 Å². The molecule has 0 unspecified atom stereocenters. The molecule has 0 radical (unpaired) electrons. The molecule has 0 spiro atoms. The summed E-state index contributed by atoms with van der Waals surface area (Å²) in [5.74, 6) is 0. The summed E-state index contributed by atoms with van der Waals surface area (Å²) in [6.07, 6.45) is 2.90. The Balaban J connectivity index is 2.40. The van der Waals surface area contributed by atoms with E-state index in [4.69, 9.17) is 0 Å². The Morgan fingerprint density at radius 1 is 1.13 bits per heavy atom. The summed E-state index contributed by atoms with van der Waals surface area (Å²) in [6.45, 7) is -0.354. The lowest BCUT2D eigenvalue weighted by Gasteiger charge is -2.32. The van der Waals surface area contributed by atoms with Crippen LogP contribution in [-0.4, -0.2) is 32.0 Å². The summed E-state index contributed by atoms with van der Waals surface area (Å²) in [4.78, 5) is 33.5. The van der Waals surface area contributed by atoms with E-state index < -0.39 is 27.3 Å². The van der Waals surface area contributed by atoms with Gasteiger partial charge in [0, 0.05) is 18.2 Å². The SMILES string of the molecule is O=C(O)N(Cc1c([N+](=O)[O-])cccc1[N+](=O)[O-])C1CCCCC1. The number of rotatable bonds is 5. The van der Waals surface area contributed by atoms with Crippen LogP contribution < -0.4 is 0 Å². The van der Waals surface area contributed by atoms with Gasteiger partial charge in [0.2, 0.25) is 0 Å². The molecule has 0 bridgehead atoms. The first-order valence-corrected chi connectivity index (χ1v) is 7.32. The summed E-state index contributed by atoms with van der Waals surface area (Å²) in [7, 11) is 0. The summed E-state index contributed by atoms with van der Waals surface area (Å²) in [5, 5.41) is 31.7. The molecular weight excluding hydrogens is 306 g/mol. The summed E-state index contributed by atoms with van der Waals surface area (Å²) in [6, 6.07) is 3.28. The third-order valence-electron chi connectivity index (χ3n) is 4.11. The van der Waals surface area contributed by atoms with Crippen molar-refractivity contribution in [3.05, 3.63) is 44.0 Å². The Morgan fingerprint density at radius 2 is 1.65 bits per heavy atom. The standard InChI is InChI=1S/C14H17N3O6/c18-14(19)15(10-5-2-1-3-6-10)9-11-12(16(20)21)7-4-8-13(11)17(22)23/h4,7-8,10H,1-3,5-6,9H2,(H,18,19). The monoisotopic (exact) mass is 323 g/mol. The fraction of sp³-hybridized carbons (Fsp3) is 0.500. The molecule has 1 N–H and O–H groups in total. The number of hydrogen-bond acceptors (Lipinski definition) is 5. The van der Waals surface area contributed by atoms with E-state index >= 15 is 0 Å². The van der Waals surface area contributed by atoms with Gasteiger partial charge in [0.05, 0.1) is 16.4 Å². The Bertz CT molecular complexity index is 595. The van der Waals surface area contributed by atoms with Crippen LogP contribution in [0.2, 0.25) is 0 Å². The lowest BCUT2D eigenvalue weighted by Crippen LogP contribution is -2.40. The predicted octanol–water partition coefficient (Wildman–Crippen LogP) is 3.32. The Morgan fingerprint density at radius 3 is 2.09 bits per heavy atom. The van der Waals surface area contributed by atoms with Gasteiger partial charge in [-0.1, -0.05) is 19.3 Å². The molecular formula is C14H17N3O6. The zero-order valence-electron chi connectivity index (χ0n) is 12.4. The maximum absolute atomic E-state index is 11.6. The van der Waals surface area contributed by atoms with Gasteiger partial charge in [-0.3, -0.25) is 20.2 Å². The molecule has 0 aliphatic heterocycles. The molecule has 1 fully saturated rings. The van der Waals surface area contributed by atoms with Crippen molar-refractivity contribution in [2.24, 2.45) is 0 Å². The molecule has 1 saturated carbocycles. The van der Waals surface area contributed by atoms with Crippen molar-refractivity contribution in [2.75, 3.05) is 0 Å². The third-order valence-corrected chi connectivity index (χ3v) is 4.11. The number of benzene rings is 1. The number of nitro groups is 2. The predicted molar refractivity (Wildman–Crippen MR) is 80.2 cm³/mol. The van der Waals surface area contributed by atoms with Crippen LogP contribution in [0.3, 0.4) is 0 Å². The molecule has 1 aliphatic carbocycles. The molecule has 9 nitrogen and oxygen atoms in total. The fourth-order valence-corrected chi connectivity index (χ4v) is 2.98. The minimum atomic E-state index is -1.22. The minimum Gasteiger partial charge on any atom is -0.465 e. The molecule has 1 aromatic rings. The average molecular weight is 323 g/mol. The normalized spacial score (nSPS) is 15.1. The van der Waals surface area contributed by atoms with Crippen molar-refractivity contribution in [2.45, 2.75) is 44.7 Å². The molecule has 9 heteroatoms. The van der Waals surface area contributed by atoms with Crippen LogP contribution >= 0.6 is 0 Å². The first-order chi connectivity index (χ1) is 10.9. The average Bonchev–Trinajstić information content (AvgIpc) is 2.52. The largest absolute Gasteiger partial charge is 0.465 e. The molecule has 1 aromatic carbocycles. The highest BCUT2D eigenvalue weighted by molar-refractivity contribution is 5.66. The van der Waals surface area contributed by atoms with Crippen LogP contribution in [0.25, 0.3) is 0 Å². The van der Waals surface area contributed by atoms with E-state index in [-0.39, 0.29) is 18.2 Å². The molecule has 0 heterocycles. The Kier molecular flexibility index (Phi) is 5.09. The van der Waals surface area contributed by atoms with Gasteiger partial charge in [-0.05, 0) is 18.9 Å². The van der Waals surface area contributed by atoms with Crippen molar-refractivity contribution in [1.29, 1.82) is 0 Å². The Hall–Kier alpha value is -2.71. The van der Waals surface area contributed by atoms with E-state index in [1.165, 1.54) is 6.07 Å². The molecule has 1 amide bonds. The zero-order chi connectivity index (χ0) is 17.0. The molecule has 23 heavy (non-hydrogen) atoms. The number of nitrogens with zero attached hydrogens (tertiary/aromatic N) is 3. The van der Waals surface area contributed by atoms with E-state index in [0.29, 0.717) is 12.8 Å². The van der Waals surface area contributed by atoms with Gasteiger partial charge >= 0.3 is 6.09 Å². The maximum atomic E-state index is 11.6. The highest BCUT2D eigenvalue weighted by atomic mass is 16.6. The molecule has 0 aromatic heterocycles. The topological polar surface area (TPSA) is 127 Å². The van der Waals surface area contributed by atoms with Crippen LogP contribution in [0.15, 0.2) is 18.2 Å². The first-order valence-electron chi connectivity index (χ1n) is 7.32. The van der Waals surface area contributed by atoms with Gasteiger partial charge in [0.1, 0.15) is 5.56 Å². The number of nitro benzene ring substituents is 2. The maximum Gasteiger partial charge on any atom is 0.407 e. The fourth-order valence-electron chi connectivity index (χ4n) is 2.98. The lowest BCUT2D eigenvalue weighted by atomic mass is 9.94. The second kappa shape index (κ2) is 7.03. The highest BCUT2D eigenvalue weighted by Gasteiger charge is 2.31. The molecule has 0 atom stereocenters. The van der Waals surface area contributed by atoms with E-state index in [9.17, 15) is 30.1 Å². The van der Waals surface area contributed by atoms with Crippen molar-refractivity contribution in [3.63, 3.8) is 0 Å². The number of carbonyl (C=O) groups is 1. The van der Waals surface area contributed by atoms with Gasteiger partial charge in [0.25, 0.3) is 11.4 Å². The quantitative estimate of drug-likeness (QED) is 0.654. The highest BCUT2D eigenvalue weighted by Crippen LogP contribution is 2.32. The van der Waals surface area contributed by atoms with Crippen molar-refractivity contribution >= 4 is 17.5 Å². The summed E-state index contributed by atoms with van der Waals surface area (Å²) in [5.41, 5.74) is -1.03. The summed E-state index contributed by atoms with van der Waals surface area (Å²) < 4.78 is 0. The van der Waals surface area contributed by atoms with Crippen molar-refractivity contribution in [1.82, 2.24) is 4.90 Å². The molecule has 1 aliphatic rings. The number of carboxylic acid groups (broad SMARTS) is 1. The van der Waals surface area contributed by atoms with E-state index in [0.717, 1.165) is 36.3 Å². The zero-order valence-corrected chi connectivity index (χ0v) is 12.4. The van der Waals surface area contributed by atoms with Gasteiger partial charge in [-0.15, -0.1) is 0 Å². The smallest absolute Gasteiger partial charge is 0.407 e. The number of hydrogen-bond donors (Lipinski definition) is 1. The second-order valence-corrected chi connectivity index (χ2v) is 5.49. The first kappa shape index (κ1) is 16.7. The molecule has 0 saturated heterocycles. The van der Waals surface area contributed by atoms with Gasteiger partial charge in [-0.25, -0.2) is 4.79 Å². The molecule has 2 rings (SSSR count). The third kappa shape index (κ3) is 3.74. The van der Waals surface area contributed by atoms with Crippen LogP contribution in [0, 0.1) is 20.2 Å². The van der Waals surface area contributed by atoms with E-state index in [1.807, 2.05) is 0 Å². The lowest BCUT2D eigenvalue weighted by molar-refractivity contribution is -0.395. The van der Waals surface area contributed by atoms with Crippen LogP contribution in [-0.2, 0) is 6.54 Å². The van der Waals surface area contributed by atoms with Crippen LogP contribution in [0.1, 0.15) is 37.7 Å². The van der Waals surface area contributed by atoms with E-state index in [1.54, 1.807) is 0 Å². The van der Waals surface area contributed by atoms with Crippen molar-refractivity contribution in [3.8, 4) is 0 Å². The van der Waals surface area contributed by atoms with E-state index in [2.05, 4.69) is 0 Å². The number of amides is 1. The summed E-state index contributed by atoms with van der Waals surface area (Å²) >= 11 is 0. The Labute approximate surface area is 131 Å². The second-order valence-electron chi connectivity index (χ2n) is 5.49. The van der Waals surface area contributed by atoms with Crippen molar-refractivity contribution < 1.29 is 19.7 Å². The molecule has 124 valence electrons.